The molecule has 1 fully saturated rings. The van der Waals surface area contributed by atoms with Crippen LogP contribution in [0.5, 0.6) is 11.6 Å². The zero-order valence-electron chi connectivity index (χ0n) is 24.9. The van der Waals surface area contributed by atoms with Crippen molar-refractivity contribution in [2.24, 2.45) is 11.8 Å². The summed E-state index contributed by atoms with van der Waals surface area (Å²) in [6.07, 6.45) is -0.894. The van der Waals surface area contributed by atoms with E-state index in [1.54, 1.807) is 18.3 Å². The second-order valence-corrected chi connectivity index (χ2v) is 15.3. The van der Waals surface area contributed by atoms with Crippen LogP contribution in [-0.2, 0) is 39.3 Å². The minimum absolute atomic E-state index is 0.0112. The summed E-state index contributed by atoms with van der Waals surface area (Å²) in [6, 6.07) is 8.49. The van der Waals surface area contributed by atoms with Gasteiger partial charge in [-0.25, -0.2) is 17.8 Å². The maximum Gasteiger partial charge on any atom is 0.416 e. The Morgan fingerprint density at radius 1 is 1.09 bits per heavy atom. The summed E-state index contributed by atoms with van der Waals surface area (Å²) in [7, 11) is -3.22. The molecule has 4 atom stereocenters. The number of rotatable bonds is 10. The molecule has 0 radical (unpaired) electrons. The van der Waals surface area contributed by atoms with Crippen LogP contribution in [-0.4, -0.2) is 43.1 Å². The molecule has 240 valence electrons. The zero-order valence-corrected chi connectivity index (χ0v) is 25.8. The Bertz CT molecular complexity index is 1790. The summed E-state index contributed by atoms with van der Waals surface area (Å²) in [5, 5.41) is 9.34. The third-order valence-electron chi connectivity index (χ3n) is 9.31. The Balaban J connectivity index is 1.24. The molecule has 2 aromatic carbocycles. The van der Waals surface area contributed by atoms with E-state index in [4.69, 9.17) is 9.47 Å². The first kappa shape index (κ1) is 31.3. The maximum absolute atomic E-state index is 15.4. The van der Waals surface area contributed by atoms with E-state index in [1.165, 1.54) is 18.2 Å². The highest BCUT2D eigenvalue weighted by atomic mass is 32.2. The van der Waals surface area contributed by atoms with Crippen LogP contribution in [0.1, 0.15) is 77.5 Å². The Labute approximate surface area is 258 Å². The van der Waals surface area contributed by atoms with E-state index >= 15 is 4.39 Å². The highest BCUT2D eigenvalue weighted by Gasteiger charge is 2.60. The third kappa shape index (κ3) is 6.13. The molecule has 1 N–H and O–H groups in total. The number of nitrogens with zero attached hydrogens (tertiary/aromatic N) is 1. The van der Waals surface area contributed by atoms with E-state index < -0.39 is 44.7 Å². The Kier molecular flexibility index (Phi) is 7.65. The lowest BCUT2D eigenvalue weighted by atomic mass is 9.84. The number of alkyl halides is 3. The quantitative estimate of drug-likeness (QED) is 0.200. The van der Waals surface area contributed by atoms with E-state index in [0.717, 1.165) is 23.4 Å². The molecule has 0 aliphatic heterocycles. The van der Waals surface area contributed by atoms with Crippen LogP contribution in [0.25, 0.3) is 0 Å². The first-order chi connectivity index (χ1) is 21.0. The number of fused-ring (bicyclic) bond motifs is 4. The number of aliphatic carboxylic acids is 1. The van der Waals surface area contributed by atoms with Gasteiger partial charge in [0.05, 0.1) is 23.8 Å². The predicted octanol–water partition coefficient (Wildman–Crippen LogP) is 6.42. The number of halogens is 4. The normalized spacial score (nSPS) is 22.8. The standard InChI is InChI=1S/C33H33F4NO6S/c1-32(2)14-23(20-6-5-19(12-26(20)33(35,36)37)43-7-4-8-45(3,41)42)21-10-18(27(34)13-25(21)32)16-44-28-11-17-9-22-29(24(17)15-38-28)30(22)31(39)40/h5-6,10-13,15,22-23,29-30H,4,7-9,14,16H2,1-3H3,(H,39,40)/t22?,23?,29?,30-/m0/s1. The highest BCUT2D eigenvalue weighted by molar-refractivity contribution is 7.90. The highest BCUT2D eigenvalue weighted by Crippen LogP contribution is 2.61. The van der Waals surface area contributed by atoms with E-state index in [9.17, 15) is 31.5 Å². The van der Waals surface area contributed by atoms with Crippen molar-refractivity contribution in [1.29, 1.82) is 0 Å². The summed E-state index contributed by atoms with van der Waals surface area (Å²) >= 11 is 0. The topological polar surface area (TPSA) is 103 Å². The Hall–Kier alpha value is -3.67. The lowest BCUT2D eigenvalue weighted by Crippen LogP contribution is -2.15. The number of aromatic nitrogens is 1. The first-order valence-electron chi connectivity index (χ1n) is 14.7. The average Bonchev–Trinajstić information content (AvgIpc) is 3.44. The molecule has 0 bridgehead atoms. The molecular formula is C33H33F4NO6S. The van der Waals surface area contributed by atoms with Gasteiger partial charge in [-0.3, -0.25) is 4.79 Å². The third-order valence-corrected chi connectivity index (χ3v) is 10.3. The largest absolute Gasteiger partial charge is 0.494 e. The van der Waals surface area contributed by atoms with Crippen molar-refractivity contribution in [3.8, 4) is 11.6 Å². The lowest BCUT2D eigenvalue weighted by molar-refractivity contribution is -0.139. The van der Waals surface area contributed by atoms with Crippen molar-refractivity contribution in [3.63, 3.8) is 0 Å². The molecule has 6 rings (SSSR count). The number of sulfone groups is 1. The number of pyridine rings is 1. The average molecular weight is 648 g/mol. The predicted molar refractivity (Wildman–Crippen MR) is 157 cm³/mol. The minimum Gasteiger partial charge on any atom is -0.494 e. The molecular weight excluding hydrogens is 614 g/mol. The van der Waals surface area contributed by atoms with Gasteiger partial charge in [-0.1, -0.05) is 19.9 Å². The van der Waals surface area contributed by atoms with Crippen molar-refractivity contribution < 1.29 is 45.4 Å². The summed E-state index contributed by atoms with van der Waals surface area (Å²) in [5.74, 6) is -2.23. The molecule has 1 saturated carbocycles. The number of hydrogen-bond donors (Lipinski definition) is 1. The van der Waals surface area contributed by atoms with Crippen molar-refractivity contribution in [2.45, 2.75) is 63.1 Å². The summed E-state index contributed by atoms with van der Waals surface area (Å²) in [5.41, 5.74) is 1.87. The zero-order chi connectivity index (χ0) is 32.5. The van der Waals surface area contributed by atoms with Gasteiger partial charge in [0.15, 0.2) is 0 Å². The van der Waals surface area contributed by atoms with E-state index in [1.807, 2.05) is 13.8 Å². The van der Waals surface area contributed by atoms with Crippen molar-refractivity contribution in [2.75, 3.05) is 18.6 Å². The summed E-state index contributed by atoms with van der Waals surface area (Å²) in [6.45, 7) is 3.52. The molecule has 3 aromatic rings. The summed E-state index contributed by atoms with van der Waals surface area (Å²) in [4.78, 5) is 15.7. The molecule has 1 heterocycles. The molecule has 3 aliphatic rings. The van der Waals surface area contributed by atoms with Gasteiger partial charge in [-0.05, 0) is 82.7 Å². The SMILES string of the molecule is CC1(C)CC(c2ccc(OCCCS(C)(=O)=O)cc2C(F)(F)F)c2cc(COc3cc4c(cn3)C3C(C4)[C@@H]3C(=O)O)c(F)cc21. The van der Waals surface area contributed by atoms with Gasteiger partial charge in [0.2, 0.25) is 5.88 Å². The second kappa shape index (κ2) is 11.0. The van der Waals surface area contributed by atoms with Crippen LogP contribution in [0.4, 0.5) is 17.6 Å². The summed E-state index contributed by atoms with van der Waals surface area (Å²) < 4.78 is 92.5. The number of benzene rings is 2. The first-order valence-corrected chi connectivity index (χ1v) is 16.8. The van der Waals surface area contributed by atoms with Gasteiger partial charge >= 0.3 is 12.1 Å². The molecule has 12 heteroatoms. The fourth-order valence-corrected chi connectivity index (χ4v) is 7.79. The molecule has 3 aliphatic carbocycles. The monoisotopic (exact) mass is 647 g/mol. The molecule has 0 spiro atoms. The fraction of sp³-hybridized carbons (Fsp3) is 0.455. The van der Waals surface area contributed by atoms with Crippen LogP contribution in [0.15, 0.2) is 42.6 Å². The fourth-order valence-electron chi connectivity index (χ4n) is 7.15. The van der Waals surface area contributed by atoms with Crippen LogP contribution in [0.2, 0.25) is 0 Å². The van der Waals surface area contributed by atoms with Crippen LogP contribution in [0, 0.1) is 17.7 Å². The van der Waals surface area contributed by atoms with Crippen molar-refractivity contribution in [1.82, 2.24) is 4.98 Å². The Morgan fingerprint density at radius 3 is 2.53 bits per heavy atom. The number of hydrogen-bond acceptors (Lipinski definition) is 6. The molecule has 0 amide bonds. The van der Waals surface area contributed by atoms with Gasteiger partial charge in [0.1, 0.15) is 28.0 Å². The molecule has 1 aromatic heterocycles. The smallest absolute Gasteiger partial charge is 0.416 e. The number of carbonyl (C=O) groups is 1. The molecule has 0 saturated heterocycles. The van der Waals surface area contributed by atoms with E-state index in [-0.39, 0.29) is 65.9 Å². The van der Waals surface area contributed by atoms with Crippen molar-refractivity contribution >= 4 is 15.8 Å². The molecule has 7 nitrogen and oxygen atoms in total. The van der Waals surface area contributed by atoms with E-state index in [0.29, 0.717) is 24.0 Å². The van der Waals surface area contributed by atoms with Crippen LogP contribution in [0.3, 0.4) is 0 Å². The van der Waals surface area contributed by atoms with Gasteiger partial charge in [0, 0.05) is 35.9 Å². The lowest BCUT2D eigenvalue weighted by Gasteiger charge is -2.22. The van der Waals surface area contributed by atoms with Gasteiger partial charge in [0.25, 0.3) is 0 Å². The molecule has 45 heavy (non-hydrogen) atoms. The van der Waals surface area contributed by atoms with Crippen LogP contribution < -0.4 is 9.47 Å². The second-order valence-electron chi connectivity index (χ2n) is 13.0. The number of carboxylic acids is 1. The maximum atomic E-state index is 15.4. The van der Waals surface area contributed by atoms with Gasteiger partial charge in [-0.2, -0.15) is 13.2 Å². The Morgan fingerprint density at radius 2 is 1.84 bits per heavy atom. The van der Waals surface area contributed by atoms with Gasteiger partial charge in [-0.15, -0.1) is 0 Å². The number of carboxylic acid groups (broad SMARTS) is 1. The number of ether oxygens (including phenoxy) is 2. The van der Waals surface area contributed by atoms with E-state index in [2.05, 4.69) is 4.98 Å². The van der Waals surface area contributed by atoms with Crippen molar-refractivity contribution in [3.05, 3.63) is 87.4 Å². The molecule has 3 unspecified atom stereocenters. The van der Waals surface area contributed by atoms with Gasteiger partial charge < -0.3 is 14.6 Å². The van der Waals surface area contributed by atoms with Crippen LogP contribution >= 0.6 is 0 Å². The minimum atomic E-state index is -4.69.